The van der Waals surface area contributed by atoms with Gasteiger partial charge in [0.25, 0.3) is 0 Å². The molecular weight excluding hydrogens is 434 g/mol. The van der Waals surface area contributed by atoms with Gasteiger partial charge in [0, 0.05) is 24.3 Å². The predicted octanol–water partition coefficient (Wildman–Crippen LogP) is 5.60. The lowest BCUT2D eigenvalue weighted by Crippen LogP contribution is -2.36. The van der Waals surface area contributed by atoms with E-state index in [1.165, 1.54) is 16.8 Å². The minimum Gasteiger partial charge on any atom is -0.378 e. The third-order valence-electron chi connectivity index (χ3n) is 6.72. The summed E-state index contributed by atoms with van der Waals surface area (Å²) >= 11 is 0. The van der Waals surface area contributed by atoms with Crippen molar-refractivity contribution in [2.24, 2.45) is 0 Å². The van der Waals surface area contributed by atoms with Crippen LogP contribution in [0.4, 0.5) is 11.5 Å². The number of nitrogens with zero attached hydrogens (tertiary/aromatic N) is 4. The van der Waals surface area contributed by atoms with Crippen molar-refractivity contribution in [2.75, 3.05) is 36.5 Å². The van der Waals surface area contributed by atoms with Crippen LogP contribution in [0.25, 0.3) is 11.4 Å². The standard InChI is InChI=1S/C29H33N5O/c1-21-10-11-24(18-22(21)2)28-9-7-5-4-6-8-25-19-27(32-34(25)28)23(3)31-29-13-12-26(20-30-29)33-14-16-35-17-15-33/h5,7,9-13,18-20H,3-4,6,8,14-17H2,1-2H3,(H,30,31)/b7-5-,28-9-. The monoisotopic (exact) mass is 467 g/mol. The van der Waals surface area contributed by atoms with E-state index >= 15 is 0 Å². The van der Waals surface area contributed by atoms with Crippen LogP contribution in [0.3, 0.4) is 0 Å². The Kier molecular flexibility index (Phi) is 6.82. The number of rotatable bonds is 5. The number of morpholine rings is 1. The molecule has 4 heterocycles. The minimum absolute atomic E-state index is 0.740. The molecule has 0 radical (unpaired) electrons. The van der Waals surface area contributed by atoms with Gasteiger partial charge in [-0.1, -0.05) is 30.9 Å². The van der Waals surface area contributed by atoms with E-state index in [9.17, 15) is 0 Å². The summed E-state index contributed by atoms with van der Waals surface area (Å²) in [4.78, 5) is 6.91. The summed E-state index contributed by atoms with van der Waals surface area (Å²) in [5.74, 6) is 0.761. The maximum atomic E-state index is 5.45. The molecular formula is C29H33N5O. The van der Waals surface area contributed by atoms with Crippen LogP contribution < -0.4 is 10.2 Å². The zero-order valence-electron chi connectivity index (χ0n) is 20.6. The number of nitrogens with one attached hydrogen (secondary N) is 1. The molecule has 6 heteroatoms. The number of ether oxygens (including phenoxy) is 1. The third-order valence-corrected chi connectivity index (χ3v) is 6.72. The van der Waals surface area contributed by atoms with Gasteiger partial charge >= 0.3 is 0 Å². The number of hydrogen-bond donors (Lipinski definition) is 1. The zero-order chi connectivity index (χ0) is 24.2. The number of anilines is 2. The van der Waals surface area contributed by atoms with Gasteiger partial charge in [-0.3, -0.25) is 0 Å². The van der Waals surface area contributed by atoms with Crippen molar-refractivity contribution < 1.29 is 4.74 Å². The van der Waals surface area contributed by atoms with Gasteiger partial charge in [-0.15, -0.1) is 0 Å². The Morgan fingerprint density at radius 1 is 1.06 bits per heavy atom. The first-order valence-corrected chi connectivity index (χ1v) is 12.4. The highest BCUT2D eigenvalue weighted by Crippen LogP contribution is 2.26. The number of aromatic nitrogens is 3. The van der Waals surface area contributed by atoms with E-state index in [-0.39, 0.29) is 0 Å². The van der Waals surface area contributed by atoms with Crippen molar-refractivity contribution in [3.05, 3.63) is 95.5 Å². The molecule has 2 aliphatic rings. The summed E-state index contributed by atoms with van der Waals surface area (Å²) in [5.41, 5.74) is 8.68. The smallest absolute Gasteiger partial charge is 0.130 e. The Bertz CT molecular complexity index is 1260. The van der Waals surface area contributed by atoms with E-state index in [1.807, 2.05) is 12.3 Å². The summed E-state index contributed by atoms with van der Waals surface area (Å²) in [6.45, 7) is 11.9. The van der Waals surface area contributed by atoms with Gasteiger partial charge in [-0.2, -0.15) is 5.10 Å². The van der Waals surface area contributed by atoms with Gasteiger partial charge < -0.3 is 15.0 Å². The highest BCUT2D eigenvalue weighted by molar-refractivity contribution is 5.74. The van der Waals surface area contributed by atoms with Gasteiger partial charge in [-0.05, 0) is 74.6 Å². The second-order valence-electron chi connectivity index (χ2n) is 9.21. The summed E-state index contributed by atoms with van der Waals surface area (Å²) in [6.07, 6.45) is 11.5. The molecule has 0 atom stereocenters. The fourth-order valence-corrected chi connectivity index (χ4v) is 4.49. The van der Waals surface area contributed by atoms with Gasteiger partial charge in [0.15, 0.2) is 0 Å². The van der Waals surface area contributed by atoms with Gasteiger partial charge in [-0.25, -0.2) is 9.67 Å². The van der Waals surface area contributed by atoms with Crippen molar-refractivity contribution in [3.8, 4) is 0 Å². The molecule has 1 fully saturated rings. The number of fused-ring (bicyclic) bond motifs is 1. The zero-order valence-corrected chi connectivity index (χ0v) is 20.6. The van der Waals surface area contributed by atoms with Crippen LogP contribution in [-0.2, 0) is 11.2 Å². The quantitative estimate of drug-likeness (QED) is 0.530. The van der Waals surface area contributed by atoms with E-state index in [2.05, 4.69) is 88.9 Å². The number of aryl methyl sites for hydroxylation is 3. The van der Waals surface area contributed by atoms with E-state index < -0.39 is 0 Å². The average molecular weight is 468 g/mol. The summed E-state index contributed by atoms with van der Waals surface area (Å²) in [6, 6.07) is 12.8. The lowest BCUT2D eigenvalue weighted by atomic mass is 10.0. The maximum absolute atomic E-state index is 5.45. The minimum atomic E-state index is 0.740. The van der Waals surface area contributed by atoms with E-state index in [1.54, 1.807) is 0 Å². The number of benzene rings is 1. The van der Waals surface area contributed by atoms with E-state index in [0.29, 0.717) is 0 Å². The summed E-state index contributed by atoms with van der Waals surface area (Å²) in [5, 5.41) is 8.35. The molecule has 2 aliphatic heterocycles. The van der Waals surface area contributed by atoms with Crippen molar-refractivity contribution in [1.82, 2.24) is 14.8 Å². The lowest BCUT2D eigenvalue weighted by molar-refractivity contribution is 0.122. The molecule has 0 aliphatic carbocycles. The first kappa shape index (κ1) is 23.1. The number of pyridine rings is 1. The Balaban J connectivity index is 1.39. The van der Waals surface area contributed by atoms with Crippen LogP contribution in [0.1, 0.15) is 40.9 Å². The fourth-order valence-electron chi connectivity index (χ4n) is 4.49. The molecule has 0 spiro atoms. The number of hydrogen-bond acceptors (Lipinski definition) is 5. The van der Waals surface area contributed by atoms with Crippen molar-refractivity contribution in [2.45, 2.75) is 33.1 Å². The molecule has 1 saturated heterocycles. The van der Waals surface area contributed by atoms with Gasteiger partial charge in [0.2, 0.25) is 0 Å². The SMILES string of the molecule is C=C(Nc1ccc(N2CCOCC2)cn1)c1cc2n(n1)/C(c1ccc(C)c(C)c1)=C\C=C/CCC2. The van der Waals surface area contributed by atoms with Crippen LogP contribution >= 0.6 is 0 Å². The van der Waals surface area contributed by atoms with Gasteiger partial charge in [0.1, 0.15) is 11.5 Å². The second-order valence-corrected chi connectivity index (χ2v) is 9.21. The molecule has 1 aromatic carbocycles. The van der Waals surface area contributed by atoms with Crippen molar-refractivity contribution in [3.63, 3.8) is 0 Å². The predicted molar refractivity (Wildman–Crippen MR) is 144 cm³/mol. The normalized spacial score (nSPS) is 18.5. The van der Waals surface area contributed by atoms with Crippen molar-refractivity contribution >= 4 is 22.9 Å². The molecule has 6 nitrogen and oxygen atoms in total. The average Bonchev–Trinajstić information content (AvgIpc) is 3.33. The third kappa shape index (κ3) is 5.23. The van der Waals surface area contributed by atoms with Crippen LogP contribution in [0.5, 0.6) is 0 Å². The molecule has 0 saturated carbocycles. The Hall–Kier alpha value is -3.64. The fraction of sp³-hybridized carbons (Fsp3) is 0.310. The highest BCUT2D eigenvalue weighted by Gasteiger charge is 2.17. The second kappa shape index (κ2) is 10.3. The van der Waals surface area contributed by atoms with Crippen LogP contribution in [0.2, 0.25) is 0 Å². The molecule has 1 N–H and O–H groups in total. The van der Waals surface area contributed by atoms with Gasteiger partial charge in [0.05, 0.1) is 36.5 Å². The topological polar surface area (TPSA) is 55.2 Å². The Labute approximate surface area is 207 Å². The molecule has 0 bridgehead atoms. The van der Waals surface area contributed by atoms with Crippen LogP contribution in [-0.4, -0.2) is 41.1 Å². The Morgan fingerprint density at radius 3 is 2.69 bits per heavy atom. The molecule has 0 unspecified atom stereocenters. The molecule has 35 heavy (non-hydrogen) atoms. The highest BCUT2D eigenvalue weighted by atomic mass is 16.5. The van der Waals surface area contributed by atoms with E-state index in [4.69, 9.17) is 9.84 Å². The van der Waals surface area contributed by atoms with Crippen molar-refractivity contribution in [1.29, 1.82) is 0 Å². The van der Waals surface area contributed by atoms with Crippen LogP contribution in [0.15, 0.2) is 67.4 Å². The molecule has 2 aromatic heterocycles. The van der Waals surface area contributed by atoms with E-state index in [0.717, 1.165) is 79.7 Å². The molecule has 5 rings (SSSR count). The molecule has 180 valence electrons. The van der Waals surface area contributed by atoms with Crippen LogP contribution in [0, 0.1) is 13.8 Å². The Morgan fingerprint density at radius 2 is 1.91 bits per heavy atom. The maximum Gasteiger partial charge on any atom is 0.130 e. The number of allylic oxidation sites excluding steroid dienone is 3. The lowest BCUT2D eigenvalue weighted by Gasteiger charge is -2.28. The first-order chi connectivity index (χ1) is 17.1. The summed E-state index contributed by atoms with van der Waals surface area (Å²) < 4.78 is 7.53. The largest absolute Gasteiger partial charge is 0.378 e. The molecule has 0 amide bonds. The first-order valence-electron chi connectivity index (χ1n) is 12.4. The summed E-state index contributed by atoms with van der Waals surface area (Å²) in [7, 11) is 0. The molecule has 3 aromatic rings.